The third kappa shape index (κ3) is 1.71. The van der Waals surface area contributed by atoms with Crippen LogP contribution in [0.5, 0.6) is 0 Å². The number of fused-ring (bicyclic) bond motifs is 1. The van der Waals surface area contributed by atoms with Gasteiger partial charge in [0.05, 0.1) is 11.1 Å². The molecular formula is C14H17NO2. The quantitative estimate of drug-likeness (QED) is 0.861. The van der Waals surface area contributed by atoms with E-state index < -0.39 is 5.97 Å². The maximum absolute atomic E-state index is 11.4. The molecule has 0 spiro atoms. The lowest BCUT2D eigenvalue weighted by Crippen LogP contribution is -2.03. The van der Waals surface area contributed by atoms with Crippen LogP contribution in [-0.4, -0.2) is 15.6 Å². The summed E-state index contributed by atoms with van der Waals surface area (Å²) in [6, 6.07) is 3.91. The van der Waals surface area contributed by atoms with E-state index in [-0.39, 0.29) is 0 Å². The highest BCUT2D eigenvalue weighted by molar-refractivity contribution is 6.04. The lowest BCUT2D eigenvalue weighted by molar-refractivity contribution is 0.0698. The van der Waals surface area contributed by atoms with Crippen molar-refractivity contribution in [2.24, 2.45) is 7.05 Å². The van der Waals surface area contributed by atoms with E-state index in [9.17, 15) is 9.90 Å². The average molecular weight is 231 g/mol. The lowest BCUT2D eigenvalue weighted by atomic mass is 9.99. The highest BCUT2D eigenvalue weighted by atomic mass is 16.4. The second kappa shape index (κ2) is 3.91. The van der Waals surface area contributed by atoms with E-state index in [0.29, 0.717) is 11.5 Å². The van der Waals surface area contributed by atoms with Crippen LogP contribution >= 0.6 is 0 Å². The highest BCUT2D eigenvalue weighted by Gasteiger charge is 2.18. The van der Waals surface area contributed by atoms with Crippen LogP contribution in [0.4, 0.5) is 0 Å². The van der Waals surface area contributed by atoms with E-state index in [0.717, 1.165) is 16.5 Å². The fourth-order valence-corrected chi connectivity index (χ4v) is 2.36. The van der Waals surface area contributed by atoms with Gasteiger partial charge in [0.25, 0.3) is 0 Å². The summed E-state index contributed by atoms with van der Waals surface area (Å²) < 4.78 is 1.92. The monoisotopic (exact) mass is 231 g/mol. The number of hydrogen-bond donors (Lipinski definition) is 1. The topological polar surface area (TPSA) is 42.2 Å². The summed E-state index contributed by atoms with van der Waals surface area (Å²) in [5.74, 6) is -0.465. The molecule has 0 atom stereocenters. The standard InChI is InChI=1S/C14H17NO2/c1-8(2)11-7-15(4)13-10(11)6-5-9(3)12(13)14(16)17/h5-8H,1-4H3,(H,16,17). The van der Waals surface area contributed by atoms with Gasteiger partial charge in [-0.1, -0.05) is 26.0 Å². The molecule has 0 aliphatic carbocycles. The van der Waals surface area contributed by atoms with Gasteiger partial charge in [-0.2, -0.15) is 0 Å². The molecule has 0 saturated heterocycles. The SMILES string of the molecule is Cc1ccc2c(C(C)C)cn(C)c2c1C(=O)O. The van der Waals surface area contributed by atoms with Crippen molar-refractivity contribution in [1.82, 2.24) is 4.57 Å². The first-order chi connectivity index (χ1) is 7.93. The molecule has 0 unspecified atom stereocenters. The third-order valence-electron chi connectivity index (χ3n) is 3.22. The van der Waals surface area contributed by atoms with Crippen LogP contribution in [0.25, 0.3) is 10.9 Å². The van der Waals surface area contributed by atoms with Crippen molar-refractivity contribution in [2.45, 2.75) is 26.7 Å². The summed E-state index contributed by atoms with van der Waals surface area (Å²) in [6.07, 6.45) is 2.03. The van der Waals surface area contributed by atoms with E-state index in [1.807, 2.05) is 36.9 Å². The molecule has 3 nitrogen and oxygen atoms in total. The van der Waals surface area contributed by atoms with Gasteiger partial charge in [-0.25, -0.2) is 4.79 Å². The molecule has 0 aliphatic rings. The smallest absolute Gasteiger partial charge is 0.338 e. The van der Waals surface area contributed by atoms with Gasteiger partial charge >= 0.3 is 5.97 Å². The number of nitrogens with zero attached hydrogens (tertiary/aromatic N) is 1. The van der Waals surface area contributed by atoms with Gasteiger partial charge in [-0.3, -0.25) is 0 Å². The number of rotatable bonds is 2. The summed E-state index contributed by atoms with van der Waals surface area (Å²) in [5, 5.41) is 10.4. The molecule has 1 heterocycles. The number of benzene rings is 1. The number of carbonyl (C=O) groups is 1. The van der Waals surface area contributed by atoms with Crippen molar-refractivity contribution in [3.8, 4) is 0 Å². The molecule has 1 N–H and O–H groups in total. The molecule has 0 saturated carbocycles. The van der Waals surface area contributed by atoms with Crippen molar-refractivity contribution < 1.29 is 9.90 Å². The van der Waals surface area contributed by atoms with Crippen molar-refractivity contribution in [3.63, 3.8) is 0 Å². The zero-order valence-electron chi connectivity index (χ0n) is 10.6. The molecule has 17 heavy (non-hydrogen) atoms. The summed E-state index contributed by atoms with van der Waals surface area (Å²) in [5.41, 5.74) is 3.24. The minimum atomic E-state index is -0.857. The number of aryl methyl sites for hydroxylation is 2. The molecule has 0 aliphatic heterocycles. The van der Waals surface area contributed by atoms with Crippen LogP contribution in [0.15, 0.2) is 18.3 Å². The molecule has 1 aromatic carbocycles. The Hall–Kier alpha value is -1.77. The molecule has 2 aromatic rings. The van der Waals surface area contributed by atoms with Gasteiger partial charge < -0.3 is 9.67 Å². The maximum atomic E-state index is 11.4. The largest absolute Gasteiger partial charge is 0.478 e. The van der Waals surface area contributed by atoms with Gasteiger partial charge in [0.1, 0.15) is 0 Å². The third-order valence-corrected chi connectivity index (χ3v) is 3.22. The number of aromatic carboxylic acids is 1. The van der Waals surface area contributed by atoms with Crippen LogP contribution in [0.2, 0.25) is 0 Å². The predicted molar refractivity (Wildman–Crippen MR) is 68.7 cm³/mol. The Labute approximate surface area is 101 Å². The summed E-state index contributed by atoms with van der Waals surface area (Å²) >= 11 is 0. The van der Waals surface area contributed by atoms with Gasteiger partial charge in [0.15, 0.2) is 0 Å². The molecular weight excluding hydrogens is 214 g/mol. The van der Waals surface area contributed by atoms with Gasteiger partial charge in [-0.15, -0.1) is 0 Å². The summed E-state index contributed by atoms with van der Waals surface area (Å²) in [7, 11) is 1.90. The Bertz CT molecular complexity index is 594. The lowest BCUT2D eigenvalue weighted by Gasteiger charge is -2.06. The number of carboxylic acids is 1. The van der Waals surface area contributed by atoms with Crippen LogP contribution in [0, 0.1) is 6.92 Å². The molecule has 0 bridgehead atoms. The average Bonchev–Trinajstić information content (AvgIpc) is 2.56. The Morgan fingerprint density at radius 1 is 1.35 bits per heavy atom. The van der Waals surface area contributed by atoms with Crippen molar-refractivity contribution >= 4 is 16.9 Å². The number of aromatic nitrogens is 1. The van der Waals surface area contributed by atoms with Crippen LogP contribution in [0.3, 0.4) is 0 Å². The van der Waals surface area contributed by atoms with E-state index in [2.05, 4.69) is 13.8 Å². The van der Waals surface area contributed by atoms with E-state index in [1.54, 1.807) is 0 Å². The minimum Gasteiger partial charge on any atom is -0.478 e. The molecule has 2 rings (SSSR count). The zero-order chi connectivity index (χ0) is 12.7. The van der Waals surface area contributed by atoms with Crippen molar-refractivity contribution in [2.75, 3.05) is 0 Å². The van der Waals surface area contributed by atoms with E-state index in [1.165, 1.54) is 5.56 Å². The normalized spacial score (nSPS) is 11.4. The van der Waals surface area contributed by atoms with Crippen LogP contribution in [-0.2, 0) is 7.05 Å². The second-order valence-electron chi connectivity index (χ2n) is 4.81. The number of hydrogen-bond acceptors (Lipinski definition) is 1. The van der Waals surface area contributed by atoms with E-state index in [4.69, 9.17) is 0 Å². The van der Waals surface area contributed by atoms with Crippen LogP contribution < -0.4 is 0 Å². The van der Waals surface area contributed by atoms with Gasteiger partial charge in [-0.05, 0) is 24.0 Å². The summed E-state index contributed by atoms with van der Waals surface area (Å²) in [4.78, 5) is 11.4. The molecule has 0 amide bonds. The van der Waals surface area contributed by atoms with E-state index >= 15 is 0 Å². The first-order valence-electron chi connectivity index (χ1n) is 5.75. The van der Waals surface area contributed by atoms with Gasteiger partial charge in [0, 0.05) is 18.6 Å². The Morgan fingerprint density at radius 2 is 2.00 bits per heavy atom. The zero-order valence-corrected chi connectivity index (χ0v) is 10.6. The Balaban J connectivity index is 2.91. The Morgan fingerprint density at radius 3 is 2.53 bits per heavy atom. The maximum Gasteiger partial charge on any atom is 0.338 e. The van der Waals surface area contributed by atoms with Crippen LogP contribution in [0.1, 0.15) is 41.3 Å². The predicted octanol–water partition coefficient (Wildman–Crippen LogP) is 3.31. The summed E-state index contributed by atoms with van der Waals surface area (Å²) in [6.45, 7) is 6.08. The molecule has 90 valence electrons. The fraction of sp³-hybridized carbons (Fsp3) is 0.357. The molecule has 0 fully saturated rings. The van der Waals surface area contributed by atoms with Gasteiger partial charge in [0.2, 0.25) is 0 Å². The molecule has 1 aromatic heterocycles. The number of carboxylic acid groups (broad SMARTS) is 1. The van der Waals surface area contributed by atoms with Crippen molar-refractivity contribution in [1.29, 1.82) is 0 Å². The first kappa shape index (κ1) is 11.7. The first-order valence-corrected chi connectivity index (χ1v) is 5.75. The highest BCUT2D eigenvalue weighted by Crippen LogP contribution is 2.30. The second-order valence-corrected chi connectivity index (χ2v) is 4.81. The molecule has 0 radical (unpaired) electrons. The molecule has 3 heteroatoms. The van der Waals surface area contributed by atoms with Crippen molar-refractivity contribution in [3.05, 3.63) is 35.0 Å². The minimum absolute atomic E-state index is 0.392. The Kier molecular flexibility index (Phi) is 2.69. The fourth-order valence-electron chi connectivity index (χ4n) is 2.36.